The van der Waals surface area contributed by atoms with Gasteiger partial charge in [0.2, 0.25) is 5.91 Å². The van der Waals surface area contributed by atoms with Crippen LogP contribution in [0.4, 0.5) is 5.69 Å². The van der Waals surface area contributed by atoms with E-state index in [1.807, 2.05) is 85.7 Å². The topological polar surface area (TPSA) is 82.1 Å². The Morgan fingerprint density at radius 1 is 0.824 bits per heavy atom. The summed E-state index contributed by atoms with van der Waals surface area (Å²) in [5.41, 5.74) is 1.85. The fourth-order valence-corrected chi connectivity index (χ4v) is 3.60. The molecule has 0 heterocycles. The second-order valence-corrected chi connectivity index (χ2v) is 8.28. The molecular formula is C27H31N3O4. The molecule has 0 spiro atoms. The van der Waals surface area contributed by atoms with E-state index in [1.54, 1.807) is 12.1 Å². The zero-order valence-corrected chi connectivity index (χ0v) is 19.6. The quantitative estimate of drug-likeness (QED) is 0.411. The van der Waals surface area contributed by atoms with E-state index in [-0.39, 0.29) is 12.5 Å². The lowest BCUT2D eigenvalue weighted by Gasteiger charge is -2.20. The molecule has 0 saturated carbocycles. The van der Waals surface area contributed by atoms with E-state index >= 15 is 0 Å². The van der Waals surface area contributed by atoms with Gasteiger partial charge in [0.25, 0.3) is 0 Å². The number of aromatic carboxylic acids is 1. The zero-order valence-electron chi connectivity index (χ0n) is 19.6. The maximum atomic E-state index is 12.4. The molecule has 0 fully saturated rings. The van der Waals surface area contributed by atoms with Crippen molar-refractivity contribution < 1.29 is 19.4 Å². The largest absolute Gasteiger partial charge is 0.478 e. The van der Waals surface area contributed by atoms with Crippen molar-refractivity contribution in [2.45, 2.75) is 13.0 Å². The van der Waals surface area contributed by atoms with Gasteiger partial charge in [-0.3, -0.25) is 9.69 Å². The summed E-state index contributed by atoms with van der Waals surface area (Å²) in [5, 5.41) is 12.2. The van der Waals surface area contributed by atoms with Gasteiger partial charge in [0, 0.05) is 12.2 Å². The number of carboxylic acids is 1. The lowest BCUT2D eigenvalue weighted by Crippen LogP contribution is -2.32. The summed E-state index contributed by atoms with van der Waals surface area (Å²) in [6, 6.07) is 23.9. The zero-order chi connectivity index (χ0) is 24.3. The van der Waals surface area contributed by atoms with Crippen molar-refractivity contribution in [2.75, 3.05) is 39.0 Å². The summed E-state index contributed by atoms with van der Waals surface area (Å²) >= 11 is 0. The van der Waals surface area contributed by atoms with Gasteiger partial charge < -0.3 is 20.1 Å². The minimum Gasteiger partial charge on any atom is -0.478 e. The Balaban J connectivity index is 1.37. The second-order valence-electron chi connectivity index (χ2n) is 8.28. The minimum atomic E-state index is -0.909. The summed E-state index contributed by atoms with van der Waals surface area (Å²) < 4.78 is 5.77. The van der Waals surface area contributed by atoms with Gasteiger partial charge >= 0.3 is 5.97 Å². The van der Waals surface area contributed by atoms with Gasteiger partial charge in [-0.15, -0.1) is 0 Å². The Kier molecular flexibility index (Phi) is 9.20. The normalized spacial score (nSPS) is 10.9. The summed E-state index contributed by atoms with van der Waals surface area (Å²) in [7, 11) is 3.88. The van der Waals surface area contributed by atoms with Crippen LogP contribution in [0.3, 0.4) is 0 Å². The maximum absolute atomic E-state index is 12.4. The number of likely N-dealkylation sites (N-methyl/N-ethyl adjacent to an activating group) is 1. The van der Waals surface area contributed by atoms with Crippen molar-refractivity contribution in [3.63, 3.8) is 0 Å². The van der Waals surface area contributed by atoms with E-state index in [9.17, 15) is 14.7 Å². The Hall–Kier alpha value is -3.68. The number of nitrogens with zero attached hydrogens (tertiary/aromatic N) is 2. The van der Waals surface area contributed by atoms with Crippen molar-refractivity contribution >= 4 is 17.6 Å². The number of rotatable bonds is 12. The smallest absolute Gasteiger partial charge is 0.336 e. The van der Waals surface area contributed by atoms with Gasteiger partial charge in [-0.25, -0.2) is 4.79 Å². The lowest BCUT2D eigenvalue weighted by molar-refractivity contribution is -0.117. The van der Waals surface area contributed by atoms with Crippen LogP contribution in [0.2, 0.25) is 0 Å². The molecule has 3 aromatic rings. The summed E-state index contributed by atoms with van der Waals surface area (Å²) in [6.07, 6.45) is 0.862. The molecule has 1 amide bonds. The van der Waals surface area contributed by atoms with Crippen molar-refractivity contribution in [2.24, 2.45) is 0 Å². The van der Waals surface area contributed by atoms with E-state index in [0.717, 1.165) is 36.5 Å². The van der Waals surface area contributed by atoms with Gasteiger partial charge in [-0.2, -0.15) is 0 Å². The van der Waals surface area contributed by atoms with Crippen LogP contribution in [-0.4, -0.2) is 60.5 Å². The Morgan fingerprint density at radius 3 is 2.15 bits per heavy atom. The van der Waals surface area contributed by atoms with Crippen LogP contribution >= 0.6 is 0 Å². The molecule has 34 heavy (non-hydrogen) atoms. The fraction of sp³-hybridized carbons (Fsp3) is 0.259. The number of carbonyl (C=O) groups is 2. The summed E-state index contributed by atoms with van der Waals surface area (Å²) in [5.74, 6) is 0.477. The number of hydrogen-bond acceptors (Lipinski definition) is 5. The third-order valence-electron chi connectivity index (χ3n) is 5.30. The third-order valence-corrected chi connectivity index (χ3v) is 5.30. The number of carbonyl (C=O) groups excluding carboxylic acids is 1. The average molecular weight is 462 g/mol. The molecule has 0 unspecified atom stereocenters. The number of nitrogens with one attached hydrogen (secondary N) is 1. The van der Waals surface area contributed by atoms with Crippen molar-refractivity contribution in [3.05, 3.63) is 90.0 Å². The van der Waals surface area contributed by atoms with Crippen molar-refractivity contribution in [1.82, 2.24) is 9.80 Å². The molecule has 0 atom stereocenters. The molecular weight excluding hydrogens is 430 g/mol. The van der Waals surface area contributed by atoms with E-state index in [0.29, 0.717) is 17.9 Å². The van der Waals surface area contributed by atoms with Crippen LogP contribution in [0, 0.1) is 0 Å². The number of benzene rings is 3. The van der Waals surface area contributed by atoms with Crippen LogP contribution in [0.15, 0.2) is 78.9 Å². The standard InChI is InChI=1S/C27H31N3O4/c1-29(19-21-9-6-7-12-25(21)27(32)33)17-8-18-30(2)20-26(31)28-22-13-15-24(16-14-22)34-23-10-4-3-5-11-23/h3-7,9-16H,8,17-20H2,1-2H3,(H,28,31)(H,32,33). The van der Waals surface area contributed by atoms with E-state index in [1.165, 1.54) is 0 Å². The van der Waals surface area contributed by atoms with Crippen LogP contribution in [0.5, 0.6) is 11.5 Å². The number of hydrogen-bond donors (Lipinski definition) is 2. The molecule has 0 radical (unpaired) electrons. The Labute approximate surface area is 200 Å². The van der Waals surface area contributed by atoms with Gasteiger partial charge in [-0.1, -0.05) is 36.4 Å². The second kappa shape index (κ2) is 12.5. The Bertz CT molecular complexity index is 1070. The molecule has 0 aliphatic rings. The molecule has 7 nitrogen and oxygen atoms in total. The molecule has 0 aliphatic carbocycles. The first kappa shape index (κ1) is 25.0. The highest BCUT2D eigenvalue weighted by molar-refractivity contribution is 5.92. The molecule has 0 aliphatic heterocycles. The van der Waals surface area contributed by atoms with Gasteiger partial charge in [0.15, 0.2) is 0 Å². The first-order chi connectivity index (χ1) is 16.4. The van der Waals surface area contributed by atoms with E-state index in [2.05, 4.69) is 10.2 Å². The third kappa shape index (κ3) is 8.03. The average Bonchev–Trinajstić information content (AvgIpc) is 2.81. The minimum absolute atomic E-state index is 0.0806. The highest BCUT2D eigenvalue weighted by atomic mass is 16.5. The van der Waals surface area contributed by atoms with Crippen LogP contribution < -0.4 is 10.1 Å². The monoisotopic (exact) mass is 461 g/mol. The van der Waals surface area contributed by atoms with Crippen LogP contribution in [0.1, 0.15) is 22.3 Å². The fourth-order valence-electron chi connectivity index (χ4n) is 3.60. The van der Waals surface area contributed by atoms with Crippen LogP contribution in [0.25, 0.3) is 0 Å². The van der Waals surface area contributed by atoms with Gasteiger partial charge in [-0.05, 0) is 81.6 Å². The summed E-state index contributed by atoms with van der Waals surface area (Å²) in [4.78, 5) is 27.8. The maximum Gasteiger partial charge on any atom is 0.336 e. The molecule has 0 bridgehead atoms. The van der Waals surface area contributed by atoms with E-state index in [4.69, 9.17) is 4.74 Å². The molecule has 0 aromatic heterocycles. The number of amides is 1. The van der Waals surface area contributed by atoms with Gasteiger partial charge in [0.1, 0.15) is 11.5 Å². The molecule has 178 valence electrons. The predicted molar refractivity (Wildman–Crippen MR) is 133 cm³/mol. The number of ether oxygens (including phenoxy) is 1. The first-order valence-corrected chi connectivity index (χ1v) is 11.2. The number of carboxylic acid groups (broad SMARTS) is 1. The highest BCUT2D eigenvalue weighted by Crippen LogP contribution is 2.22. The number of anilines is 1. The molecule has 7 heteroatoms. The highest BCUT2D eigenvalue weighted by Gasteiger charge is 2.12. The molecule has 3 rings (SSSR count). The van der Waals surface area contributed by atoms with Crippen molar-refractivity contribution in [3.8, 4) is 11.5 Å². The lowest BCUT2D eigenvalue weighted by atomic mass is 10.1. The molecule has 2 N–H and O–H groups in total. The van der Waals surface area contributed by atoms with E-state index < -0.39 is 5.97 Å². The Morgan fingerprint density at radius 2 is 1.44 bits per heavy atom. The van der Waals surface area contributed by atoms with Crippen molar-refractivity contribution in [1.29, 1.82) is 0 Å². The summed E-state index contributed by atoms with van der Waals surface area (Å²) in [6.45, 7) is 2.40. The number of para-hydroxylation sites is 1. The van der Waals surface area contributed by atoms with Crippen LogP contribution in [-0.2, 0) is 11.3 Å². The molecule has 0 saturated heterocycles. The SMILES string of the molecule is CN(CCCN(C)Cc1ccccc1C(=O)O)CC(=O)Nc1ccc(Oc2ccccc2)cc1. The molecule has 3 aromatic carbocycles. The predicted octanol–water partition coefficient (Wildman–Crippen LogP) is 4.57. The van der Waals surface area contributed by atoms with Gasteiger partial charge in [0.05, 0.1) is 12.1 Å². The first-order valence-electron chi connectivity index (χ1n) is 11.2.